The van der Waals surface area contributed by atoms with Crippen LogP contribution >= 0.6 is 0 Å². The summed E-state index contributed by atoms with van der Waals surface area (Å²) < 4.78 is 5.00. The minimum atomic E-state index is -0.987. The molecule has 0 aromatic carbocycles. The zero-order valence-corrected chi connectivity index (χ0v) is 11.7. The molecule has 0 saturated carbocycles. The first-order valence-corrected chi connectivity index (χ1v) is 6.03. The third-order valence-electron chi connectivity index (χ3n) is 1.87. The summed E-state index contributed by atoms with van der Waals surface area (Å²) >= 11 is 0. The lowest BCUT2D eigenvalue weighted by Crippen LogP contribution is -2.50. The normalized spacial score (nSPS) is 13.1. The van der Waals surface area contributed by atoms with Crippen LogP contribution in [0.4, 0.5) is 4.79 Å². The molecule has 0 heterocycles. The van der Waals surface area contributed by atoms with Crippen molar-refractivity contribution in [3.05, 3.63) is 0 Å². The summed E-state index contributed by atoms with van der Waals surface area (Å²) in [5, 5.41) is 14.0. The molecule has 0 aromatic rings. The largest absolute Gasteiger partial charge is 0.444 e. The molecule has 0 bridgehead atoms. The lowest BCUT2D eigenvalue weighted by Gasteiger charge is -2.22. The summed E-state index contributed by atoms with van der Waals surface area (Å²) in [4.78, 5) is 23.1. The highest BCUT2D eigenvalue weighted by Gasteiger charge is 2.23. The highest BCUT2D eigenvalue weighted by atomic mass is 16.6. The Morgan fingerprint density at radius 3 is 2.22 bits per heavy atom. The van der Waals surface area contributed by atoms with Gasteiger partial charge in [-0.2, -0.15) is 0 Å². The number of aliphatic hydroxyl groups is 1. The Hall–Kier alpha value is -1.30. The molecule has 2 amide bonds. The molecule has 0 radical (unpaired) electrons. The molecule has 3 N–H and O–H groups in total. The Kier molecular flexibility index (Phi) is 6.68. The molecule has 0 saturated heterocycles. The topological polar surface area (TPSA) is 87.7 Å². The van der Waals surface area contributed by atoms with E-state index in [-0.39, 0.29) is 0 Å². The van der Waals surface area contributed by atoms with Crippen molar-refractivity contribution >= 4 is 12.0 Å². The van der Waals surface area contributed by atoms with Crippen molar-refractivity contribution < 1.29 is 19.4 Å². The number of carbonyl (C=O) groups is 2. The number of aliphatic hydroxyl groups excluding tert-OH is 1. The first-order valence-electron chi connectivity index (χ1n) is 6.03. The van der Waals surface area contributed by atoms with Crippen LogP contribution in [0, 0.1) is 5.92 Å². The van der Waals surface area contributed by atoms with Gasteiger partial charge in [0.15, 0.2) is 0 Å². The summed E-state index contributed by atoms with van der Waals surface area (Å²) in [5.74, 6) is -0.119. The molecular formula is C12H24N2O4. The molecular weight excluding hydrogens is 236 g/mol. The van der Waals surface area contributed by atoms with Gasteiger partial charge in [-0.05, 0) is 26.7 Å². The third-order valence-corrected chi connectivity index (χ3v) is 1.87. The van der Waals surface area contributed by atoms with Crippen molar-refractivity contribution in [2.24, 2.45) is 5.92 Å². The zero-order valence-electron chi connectivity index (χ0n) is 11.7. The Bertz CT molecular complexity index is 284. The molecule has 0 aliphatic carbocycles. The smallest absolute Gasteiger partial charge is 0.408 e. The maximum Gasteiger partial charge on any atom is 0.408 e. The first-order chi connectivity index (χ1) is 8.15. The number of amides is 2. The average Bonchev–Trinajstić information content (AvgIpc) is 2.19. The standard InChI is InChI=1S/C12H24N2O4/c1-8(2)6-13-10(16)9(7-15)14-11(17)18-12(3,4)5/h8-9,15H,6-7H2,1-5H3,(H,13,16)(H,14,17)/t9-/m1/s1. The molecule has 0 aliphatic heterocycles. The number of hydrogen-bond acceptors (Lipinski definition) is 4. The maximum absolute atomic E-state index is 11.6. The molecule has 0 aromatic heterocycles. The van der Waals surface area contributed by atoms with E-state index in [1.807, 2.05) is 13.8 Å². The molecule has 6 nitrogen and oxygen atoms in total. The van der Waals surface area contributed by atoms with Gasteiger partial charge in [-0.15, -0.1) is 0 Å². The van der Waals surface area contributed by atoms with Crippen molar-refractivity contribution in [1.29, 1.82) is 0 Å². The predicted octanol–water partition coefficient (Wildman–Crippen LogP) is 0.644. The van der Waals surface area contributed by atoms with E-state index in [0.29, 0.717) is 12.5 Å². The van der Waals surface area contributed by atoms with E-state index in [1.54, 1.807) is 20.8 Å². The van der Waals surface area contributed by atoms with Gasteiger partial charge in [0.2, 0.25) is 5.91 Å². The monoisotopic (exact) mass is 260 g/mol. The van der Waals surface area contributed by atoms with E-state index in [2.05, 4.69) is 10.6 Å². The molecule has 1 atom stereocenters. The molecule has 6 heteroatoms. The highest BCUT2D eigenvalue weighted by Crippen LogP contribution is 2.06. The fourth-order valence-corrected chi connectivity index (χ4v) is 1.07. The van der Waals surface area contributed by atoms with Crippen LogP contribution in [0.1, 0.15) is 34.6 Å². The molecule has 0 fully saturated rings. The fourth-order valence-electron chi connectivity index (χ4n) is 1.07. The molecule has 106 valence electrons. The van der Waals surface area contributed by atoms with Crippen molar-refractivity contribution in [2.75, 3.05) is 13.2 Å². The lowest BCUT2D eigenvalue weighted by atomic mass is 10.2. The van der Waals surface area contributed by atoms with E-state index in [4.69, 9.17) is 9.84 Å². The number of carbonyl (C=O) groups excluding carboxylic acids is 2. The van der Waals surface area contributed by atoms with Gasteiger partial charge in [0.1, 0.15) is 11.6 Å². The second kappa shape index (κ2) is 7.20. The Balaban J connectivity index is 4.25. The van der Waals surface area contributed by atoms with Crippen LogP contribution in [0.5, 0.6) is 0 Å². The Labute approximate surface area is 108 Å². The number of rotatable bonds is 5. The van der Waals surface area contributed by atoms with Gasteiger partial charge in [0.25, 0.3) is 0 Å². The summed E-state index contributed by atoms with van der Waals surface area (Å²) in [6.07, 6.45) is -0.721. The van der Waals surface area contributed by atoms with Crippen LogP contribution in [0.3, 0.4) is 0 Å². The minimum absolute atomic E-state index is 0.301. The van der Waals surface area contributed by atoms with Crippen molar-refractivity contribution in [3.8, 4) is 0 Å². The Morgan fingerprint density at radius 2 is 1.83 bits per heavy atom. The second-order valence-corrected chi connectivity index (χ2v) is 5.52. The van der Waals surface area contributed by atoms with Crippen LogP contribution in [0.2, 0.25) is 0 Å². The molecule has 0 rings (SSSR count). The van der Waals surface area contributed by atoms with Gasteiger partial charge in [0.05, 0.1) is 6.61 Å². The average molecular weight is 260 g/mol. The first kappa shape index (κ1) is 16.7. The number of hydrogen-bond donors (Lipinski definition) is 3. The lowest BCUT2D eigenvalue weighted by molar-refractivity contribution is -0.124. The second-order valence-electron chi connectivity index (χ2n) is 5.52. The van der Waals surface area contributed by atoms with Crippen molar-refractivity contribution in [3.63, 3.8) is 0 Å². The van der Waals surface area contributed by atoms with Crippen LogP contribution in [-0.2, 0) is 9.53 Å². The van der Waals surface area contributed by atoms with E-state index in [9.17, 15) is 9.59 Å². The van der Waals surface area contributed by atoms with Crippen LogP contribution in [-0.4, -0.2) is 41.9 Å². The van der Waals surface area contributed by atoms with E-state index < -0.39 is 30.3 Å². The van der Waals surface area contributed by atoms with E-state index in [1.165, 1.54) is 0 Å². The van der Waals surface area contributed by atoms with Gasteiger partial charge in [-0.1, -0.05) is 13.8 Å². The number of nitrogens with one attached hydrogen (secondary N) is 2. The summed E-state index contributed by atoms with van der Waals surface area (Å²) in [6, 6.07) is -0.987. The minimum Gasteiger partial charge on any atom is -0.444 e. The fraction of sp³-hybridized carbons (Fsp3) is 0.833. The van der Waals surface area contributed by atoms with Gasteiger partial charge >= 0.3 is 6.09 Å². The van der Waals surface area contributed by atoms with Gasteiger partial charge < -0.3 is 20.5 Å². The molecule has 0 aliphatic rings. The predicted molar refractivity (Wildman–Crippen MR) is 68.1 cm³/mol. The Morgan fingerprint density at radius 1 is 1.28 bits per heavy atom. The van der Waals surface area contributed by atoms with E-state index in [0.717, 1.165) is 0 Å². The number of alkyl carbamates (subject to hydrolysis) is 1. The van der Waals surface area contributed by atoms with Crippen LogP contribution in [0.25, 0.3) is 0 Å². The molecule has 0 spiro atoms. The highest BCUT2D eigenvalue weighted by molar-refractivity contribution is 5.85. The maximum atomic E-state index is 11.6. The van der Waals surface area contributed by atoms with Crippen LogP contribution < -0.4 is 10.6 Å². The van der Waals surface area contributed by atoms with Crippen LogP contribution in [0.15, 0.2) is 0 Å². The summed E-state index contributed by atoms with van der Waals surface area (Å²) in [6.45, 7) is 9.09. The van der Waals surface area contributed by atoms with Crippen molar-refractivity contribution in [1.82, 2.24) is 10.6 Å². The summed E-state index contributed by atoms with van der Waals surface area (Å²) in [5.41, 5.74) is -0.640. The quantitative estimate of drug-likeness (QED) is 0.677. The van der Waals surface area contributed by atoms with E-state index >= 15 is 0 Å². The SMILES string of the molecule is CC(C)CNC(=O)[C@@H](CO)NC(=O)OC(C)(C)C. The number of ether oxygens (including phenoxy) is 1. The van der Waals surface area contributed by atoms with Gasteiger partial charge in [0, 0.05) is 6.54 Å². The van der Waals surface area contributed by atoms with Gasteiger partial charge in [-0.25, -0.2) is 4.79 Å². The molecule has 0 unspecified atom stereocenters. The summed E-state index contributed by atoms with van der Waals surface area (Å²) in [7, 11) is 0. The van der Waals surface area contributed by atoms with Crippen molar-refractivity contribution in [2.45, 2.75) is 46.3 Å². The third kappa shape index (κ3) is 7.89. The molecule has 18 heavy (non-hydrogen) atoms. The zero-order chi connectivity index (χ0) is 14.3. The van der Waals surface area contributed by atoms with Gasteiger partial charge in [-0.3, -0.25) is 4.79 Å².